The number of rotatable bonds is 4. The molecule has 4 rings (SSSR count). The van der Waals surface area contributed by atoms with Crippen molar-refractivity contribution in [3.8, 4) is 0 Å². The smallest absolute Gasteiger partial charge is 0.337 e. The Balaban J connectivity index is 1.90. The second-order valence-corrected chi connectivity index (χ2v) is 9.16. The summed E-state index contributed by atoms with van der Waals surface area (Å²) in [7, 11) is 2.86. The number of hydrogen-bond acceptors (Lipinski definition) is 8. The molecule has 6 atom stereocenters. The quantitative estimate of drug-likeness (QED) is 0.511. The summed E-state index contributed by atoms with van der Waals surface area (Å²) < 4.78 is 22.7. The molecule has 0 aromatic rings. The van der Waals surface area contributed by atoms with Crippen LogP contribution < -0.4 is 0 Å². The molecule has 0 aromatic heterocycles. The van der Waals surface area contributed by atoms with Gasteiger partial charge in [-0.3, -0.25) is 4.79 Å². The fraction of sp³-hybridized carbons (Fsp3) is 0.739. The number of ether oxygens (including phenoxy) is 4. The Labute approximate surface area is 182 Å². The molecule has 1 heterocycles. The number of aliphatic hydroxyl groups is 2. The molecule has 0 amide bonds. The van der Waals surface area contributed by atoms with Crippen LogP contribution in [0, 0.1) is 23.2 Å². The highest BCUT2D eigenvalue weighted by atomic mass is 16.7. The molecule has 0 aromatic carbocycles. The molecule has 172 valence electrons. The normalized spacial score (nSPS) is 41.6. The summed E-state index contributed by atoms with van der Waals surface area (Å²) in [6, 6.07) is 0. The standard InChI is InChI=1S/C23H32O8/c1-5-30-19(25)15-10-14-11-22(29-4)23(20(26)28-3)16(8-9-31-22)13(2)6-7-18(23)21(14,27)12-17(15)24/h6,14,16,18,24,27H,5,7-12H2,1-4H3/t14-,16+,18-,21-,22+,23-/m0/s1. The Bertz CT molecular complexity index is 847. The second kappa shape index (κ2) is 7.60. The minimum absolute atomic E-state index is 0.122. The van der Waals surface area contributed by atoms with Crippen LogP contribution in [0.3, 0.4) is 0 Å². The van der Waals surface area contributed by atoms with Crippen molar-refractivity contribution in [3.05, 3.63) is 23.0 Å². The summed E-state index contributed by atoms with van der Waals surface area (Å²) in [6.45, 7) is 4.29. The monoisotopic (exact) mass is 436 g/mol. The number of carbonyl (C=O) groups is 2. The molecule has 0 spiro atoms. The Kier molecular flexibility index (Phi) is 5.47. The van der Waals surface area contributed by atoms with Crippen LogP contribution in [0.15, 0.2) is 23.0 Å². The first-order valence-corrected chi connectivity index (χ1v) is 11.0. The molecule has 0 radical (unpaired) electrons. The van der Waals surface area contributed by atoms with Crippen molar-refractivity contribution < 1.29 is 38.7 Å². The van der Waals surface area contributed by atoms with Crippen molar-refractivity contribution in [2.75, 3.05) is 27.4 Å². The summed E-state index contributed by atoms with van der Waals surface area (Å²) in [5.41, 5.74) is -1.45. The van der Waals surface area contributed by atoms with Crippen LogP contribution in [0.4, 0.5) is 0 Å². The van der Waals surface area contributed by atoms with Gasteiger partial charge in [0.05, 0.1) is 31.5 Å². The molecule has 4 aliphatic rings. The maximum Gasteiger partial charge on any atom is 0.337 e. The predicted octanol–water partition coefficient (Wildman–Crippen LogP) is 2.41. The lowest BCUT2D eigenvalue weighted by atomic mass is 9.42. The first-order valence-electron chi connectivity index (χ1n) is 11.0. The van der Waals surface area contributed by atoms with Gasteiger partial charge in [-0.15, -0.1) is 0 Å². The van der Waals surface area contributed by atoms with Crippen molar-refractivity contribution in [2.45, 2.75) is 57.3 Å². The van der Waals surface area contributed by atoms with E-state index in [1.165, 1.54) is 14.2 Å². The molecule has 0 bridgehead atoms. The molecular weight excluding hydrogens is 404 g/mol. The minimum atomic E-state index is -1.42. The van der Waals surface area contributed by atoms with Crippen LogP contribution >= 0.6 is 0 Å². The van der Waals surface area contributed by atoms with E-state index >= 15 is 0 Å². The van der Waals surface area contributed by atoms with Gasteiger partial charge < -0.3 is 29.2 Å². The maximum atomic E-state index is 13.5. The van der Waals surface area contributed by atoms with Crippen molar-refractivity contribution in [1.29, 1.82) is 0 Å². The predicted molar refractivity (Wildman–Crippen MR) is 109 cm³/mol. The van der Waals surface area contributed by atoms with Crippen LogP contribution in [-0.2, 0) is 28.5 Å². The fourth-order valence-electron chi connectivity index (χ4n) is 6.89. The SMILES string of the molecule is CCOC(=O)C1=C(O)C[C@]2(O)[C@@H](C1)C[C@@]1(OC)OCC[C@@H]3C(C)=CC[C@@H]2[C@]31C(=O)OC. The highest BCUT2D eigenvalue weighted by Gasteiger charge is 2.77. The van der Waals surface area contributed by atoms with Gasteiger partial charge in [0.1, 0.15) is 11.2 Å². The zero-order valence-electron chi connectivity index (χ0n) is 18.6. The number of methoxy groups -OCH3 is 2. The van der Waals surface area contributed by atoms with E-state index in [9.17, 15) is 19.8 Å². The van der Waals surface area contributed by atoms with Gasteiger partial charge >= 0.3 is 11.9 Å². The van der Waals surface area contributed by atoms with Gasteiger partial charge in [-0.25, -0.2) is 4.79 Å². The largest absolute Gasteiger partial charge is 0.512 e. The van der Waals surface area contributed by atoms with E-state index in [0.29, 0.717) is 19.4 Å². The minimum Gasteiger partial charge on any atom is -0.512 e. The lowest BCUT2D eigenvalue weighted by Gasteiger charge is -2.67. The topological polar surface area (TPSA) is 112 Å². The third-order valence-corrected chi connectivity index (χ3v) is 8.15. The van der Waals surface area contributed by atoms with E-state index in [4.69, 9.17) is 18.9 Å². The van der Waals surface area contributed by atoms with Crippen molar-refractivity contribution >= 4 is 11.9 Å². The van der Waals surface area contributed by atoms with Crippen LogP contribution in [0.1, 0.15) is 46.0 Å². The van der Waals surface area contributed by atoms with E-state index in [1.807, 2.05) is 6.92 Å². The molecule has 3 aliphatic carbocycles. The van der Waals surface area contributed by atoms with Crippen molar-refractivity contribution in [2.24, 2.45) is 23.2 Å². The lowest BCUT2D eigenvalue weighted by molar-refractivity contribution is -0.376. The highest BCUT2D eigenvalue weighted by Crippen LogP contribution is 2.68. The van der Waals surface area contributed by atoms with E-state index in [0.717, 1.165) is 5.57 Å². The fourth-order valence-corrected chi connectivity index (χ4v) is 6.89. The average Bonchev–Trinajstić information content (AvgIpc) is 2.75. The molecule has 2 fully saturated rings. The molecule has 0 unspecified atom stereocenters. The van der Waals surface area contributed by atoms with Crippen LogP contribution in [-0.4, -0.2) is 61.0 Å². The third-order valence-electron chi connectivity index (χ3n) is 8.15. The number of aliphatic hydroxyl groups excluding tert-OH is 1. The summed E-state index contributed by atoms with van der Waals surface area (Å²) in [4.78, 5) is 26.0. The Morgan fingerprint density at radius 3 is 2.71 bits per heavy atom. The zero-order valence-corrected chi connectivity index (χ0v) is 18.6. The Morgan fingerprint density at radius 1 is 1.32 bits per heavy atom. The number of fused-ring (bicyclic) bond motifs is 2. The van der Waals surface area contributed by atoms with E-state index in [2.05, 4.69) is 6.08 Å². The van der Waals surface area contributed by atoms with Crippen molar-refractivity contribution in [1.82, 2.24) is 0 Å². The van der Waals surface area contributed by atoms with Crippen LogP contribution in [0.2, 0.25) is 0 Å². The van der Waals surface area contributed by atoms with E-state index in [-0.39, 0.29) is 43.1 Å². The second-order valence-electron chi connectivity index (χ2n) is 9.16. The van der Waals surface area contributed by atoms with E-state index in [1.54, 1.807) is 6.92 Å². The van der Waals surface area contributed by atoms with Gasteiger partial charge in [-0.1, -0.05) is 11.6 Å². The number of allylic oxidation sites excluding steroid dienone is 2. The highest BCUT2D eigenvalue weighted by molar-refractivity contribution is 5.89. The van der Waals surface area contributed by atoms with Gasteiger partial charge in [0.15, 0.2) is 5.79 Å². The molecule has 8 heteroatoms. The van der Waals surface area contributed by atoms with Gasteiger partial charge in [0.25, 0.3) is 0 Å². The molecule has 8 nitrogen and oxygen atoms in total. The number of carbonyl (C=O) groups excluding carboxylic acids is 2. The lowest BCUT2D eigenvalue weighted by Crippen LogP contribution is -2.76. The molecule has 31 heavy (non-hydrogen) atoms. The number of esters is 2. The molecule has 1 saturated carbocycles. The van der Waals surface area contributed by atoms with Gasteiger partial charge in [-0.05, 0) is 39.0 Å². The first-order chi connectivity index (χ1) is 14.7. The summed E-state index contributed by atoms with van der Waals surface area (Å²) in [6.07, 6.45) is 3.28. The van der Waals surface area contributed by atoms with Gasteiger partial charge in [0, 0.05) is 31.8 Å². The van der Waals surface area contributed by atoms with Crippen LogP contribution in [0.5, 0.6) is 0 Å². The first kappa shape index (κ1) is 22.3. The maximum absolute atomic E-state index is 13.5. The Hall–Kier alpha value is -1.90. The Morgan fingerprint density at radius 2 is 2.06 bits per heavy atom. The number of hydrogen-bond donors (Lipinski definition) is 2. The zero-order chi connectivity index (χ0) is 22.6. The summed E-state index contributed by atoms with van der Waals surface area (Å²) in [5.74, 6) is -3.81. The molecular formula is C23H32O8. The summed E-state index contributed by atoms with van der Waals surface area (Å²) >= 11 is 0. The van der Waals surface area contributed by atoms with Gasteiger partial charge in [-0.2, -0.15) is 0 Å². The van der Waals surface area contributed by atoms with E-state index < -0.39 is 40.6 Å². The molecule has 1 aliphatic heterocycles. The van der Waals surface area contributed by atoms with Gasteiger partial charge in [0.2, 0.25) is 0 Å². The average molecular weight is 437 g/mol. The molecule has 1 saturated heterocycles. The summed E-state index contributed by atoms with van der Waals surface area (Å²) in [5, 5.41) is 22.8. The molecule has 2 N–H and O–H groups in total. The third kappa shape index (κ3) is 2.77. The van der Waals surface area contributed by atoms with Crippen LogP contribution in [0.25, 0.3) is 0 Å². The van der Waals surface area contributed by atoms with Crippen molar-refractivity contribution in [3.63, 3.8) is 0 Å².